The van der Waals surface area contributed by atoms with E-state index in [0.717, 1.165) is 5.92 Å². The average molecular weight is 431 g/mol. The molecule has 30 heavy (non-hydrogen) atoms. The van der Waals surface area contributed by atoms with E-state index in [9.17, 15) is 0 Å². The Kier molecular flexibility index (Phi) is 28.1. The molecule has 2 aliphatic rings. The first-order chi connectivity index (χ1) is 13.8. The molecule has 0 N–H and O–H groups in total. The fourth-order valence-electron chi connectivity index (χ4n) is 5.05. The van der Waals surface area contributed by atoms with Crippen LogP contribution >= 0.6 is 0 Å². The molecule has 0 bridgehead atoms. The van der Waals surface area contributed by atoms with Gasteiger partial charge in [0.1, 0.15) is 0 Å². The summed E-state index contributed by atoms with van der Waals surface area (Å²) < 4.78 is 0. The van der Waals surface area contributed by atoms with Crippen LogP contribution < -0.4 is 0 Å². The molecule has 0 heteroatoms. The Labute approximate surface area is 197 Å². The lowest BCUT2D eigenvalue weighted by atomic mass is 9.62. The lowest BCUT2D eigenvalue weighted by Crippen LogP contribution is -2.32. The fraction of sp³-hybridized carbons (Fsp3) is 1.00. The molecule has 2 aliphatic carbocycles. The van der Waals surface area contributed by atoms with Crippen LogP contribution in [0.1, 0.15) is 170 Å². The molecule has 0 atom stereocenters. The van der Waals surface area contributed by atoms with Gasteiger partial charge in [0.05, 0.1) is 0 Å². The van der Waals surface area contributed by atoms with Gasteiger partial charge in [0.15, 0.2) is 0 Å². The van der Waals surface area contributed by atoms with Gasteiger partial charge in [0, 0.05) is 0 Å². The third-order valence-electron chi connectivity index (χ3n) is 6.19. The second-order valence-corrected chi connectivity index (χ2v) is 10.6. The van der Waals surface area contributed by atoms with Crippen molar-refractivity contribution in [3.8, 4) is 0 Å². The Balaban J connectivity index is -0.0000000988. The topological polar surface area (TPSA) is 0 Å². The van der Waals surface area contributed by atoms with Crippen molar-refractivity contribution >= 4 is 0 Å². The molecule has 0 aromatic heterocycles. The van der Waals surface area contributed by atoms with Crippen molar-refractivity contribution < 1.29 is 0 Å². The molecule has 2 rings (SSSR count). The maximum Gasteiger partial charge on any atom is -0.0303 e. The minimum atomic E-state index is 0.584. The Morgan fingerprint density at radius 3 is 0.833 bits per heavy atom. The van der Waals surface area contributed by atoms with E-state index in [4.69, 9.17) is 0 Å². The van der Waals surface area contributed by atoms with Crippen molar-refractivity contribution in [3.05, 3.63) is 0 Å². The van der Waals surface area contributed by atoms with Crippen LogP contribution in [0.25, 0.3) is 0 Å². The van der Waals surface area contributed by atoms with Gasteiger partial charge in [-0.2, -0.15) is 0 Å². The largest absolute Gasteiger partial charge is 0.0683 e. The SMILES string of the molecule is CC.CC.CC.CC.CC.CC1(C)CCCC1(C)C.CC1CC(C)(C)CC(C)(C)C1. The normalized spacial score (nSPS) is 21.3. The van der Waals surface area contributed by atoms with Gasteiger partial charge in [0.25, 0.3) is 0 Å². The second-order valence-electron chi connectivity index (χ2n) is 10.6. The van der Waals surface area contributed by atoms with Gasteiger partial charge in [-0.15, -0.1) is 0 Å². The van der Waals surface area contributed by atoms with Gasteiger partial charge in [-0.1, -0.05) is 138 Å². The highest BCUT2D eigenvalue weighted by molar-refractivity contribution is 4.91. The maximum absolute atomic E-state index is 2.41. The van der Waals surface area contributed by atoms with E-state index in [0.29, 0.717) is 21.7 Å². The Morgan fingerprint density at radius 1 is 0.467 bits per heavy atom. The molecule has 2 fully saturated rings. The predicted molar refractivity (Wildman–Crippen MR) is 149 cm³/mol. The molecule has 0 heterocycles. The highest BCUT2D eigenvalue weighted by atomic mass is 14.5. The van der Waals surface area contributed by atoms with E-state index in [-0.39, 0.29) is 0 Å². The highest BCUT2D eigenvalue weighted by Gasteiger charge is 2.40. The van der Waals surface area contributed by atoms with Crippen molar-refractivity contribution in [2.24, 2.45) is 27.6 Å². The highest BCUT2D eigenvalue weighted by Crippen LogP contribution is 2.51. The lowest BCUT2D eigenvalue weighted by molar-refractivity contribution is 0.0754. The Bertz CT molecular complexity index is 287. The zero-order valence-corrected chi connectivity index (χ0v) is 25.8. The fourth-order valence-corrected chi connectivity index (χ4v) is 5.05. The van der Waals surface area contributed by atoms with Crippen LogP contribution in [-0.4, -0.2) is 0 Å². The van der Waals surface area contributed by atoms with E-state index in [2.05, 4.69) is 62.3 Å². The molecule has 2 saturated carbocycles. The van der Waals surface area contributed by atoms with Crippen molar-refractivity contribution in [2.75, 3.05) is 0 Å². The van der Waals surface area contributed by atoms with Gasteiger partial charge in [-0.05, 0) is 59.7 Å². The van der Waals surface area contributed by atoms with Gasteiger partial charge >= 0.3 is 0 Å². The zero-order valence-electron chi connectivity index (χ0n) is 25.8. The molecule has 0 unspecified atom stereocenters. The Hall–Kier alpha value is 0. The van der Waals surface area contributed by atoms with E-state index in [1.54, 1.807) is 0 Å². The number of rotatable bonds is 0. The average Bonchev–Trinajstić information content (AvgIpc) is 2.92. The summed E-state index contributed by atoms with van der Waals surface area (Å²) in [4.78, 5) is 0. The molecule has 0 amide bonds. The maximum atomic E-state index is 2.41. The van der Waals surface area contributed by atoms with Crippen LogP contribution in [0.5, 0.6) is 0 Å². The third kappa shape index (κ3) is 18.7. The molecular weight excluding hydrogens is 360 g/mol. The van der Waals surface area contributed by atoms with Crippen LogP contribution in [0.2, 0.25) is 0 Å². The Morgan fingerprint density at radius 2 is 0.700 bits per heavy atom. The number of hydrogen-bond donors (Lipinski definition) is 0. The molecule has 0 nitrogen and oxygen atoms in total. The number of hydrogen-bond acceptors (Lipinski definition) is 0. The van der Waals surface area contributed by atoms with E-state index in [1.165, 1.54) is 38.5 Å². The molecule has 0 radical (unpaired) electrons. The molecule has 0 aliphatic heterocycles. The van der Waals surface area contributed by atoms with Crippen LogP contribution in [0.15, 0.2) is 0 Å². The molecular formula is C30H70. The summed E-state index contributed by atoms with van der Waals surface area (Å²) in [6.45, 7) is 41.6. The van der Waals surface area contributed by atoms with Gasteiger partial charge in [-0.3, -0.25) is 0 Å². The first-order valence-corrected chi connectivity index (χ1v) is 13.8. The van der Waals surface area contributed by atoms with Crippen molar-refractivity contribution in [2.45, 2.75) is 170 Å². The van der Waals surface area contributed by atoms with Gasteiger partial charge in [-0.25, -0.2) is 0 Å². The smallest absolute Gasteiger partial charge is 0.0303 e. The van der Waals surface area contributed by atoms with Gasteiger partial charge in [0.2, 0.25) is 0 Å². The molecule has 0 spiro atoms. The van der Waals surface area contributed by atoms with Crippen molar-refractivity contribution in [1.82, 2.24) is 0 Å². The van der Waals surface area contributed by atoms with Crippen LogP contribution in [0.4, 0.5) is 0 Å². The third-order valence-corrected chi connectivity index (χ3v) is 6.19. The summed E-state index contributed by atoms with van der Waals surface area (Å²) >= 11 is 0. The first-order valence-electron chi connectivity index (χ1n) is 13.8. The van der Waals surface area contributed by atoms with Crippen molar-refractivity contribution in [3.63, 3.8) is 0 Å². The first kappa shape index (κ1) is 40.4. The van der Waals surface area contributed by atoms with Crippen LogP contribution in [0, 0.1) is 27.6 Å². The summed E-state index contributed by atoms with van der Waals surface area (Å²) in [6.07, 6.45) is 8.48. The molecule has 0 aromatic carbocycles. The zero-order chi connectivity index (χ0) is 25.8. The van der Waals surface area contributed by atoms with Crippen LogP contribution in [0.3, 0.4) is 0 Å². The van der Waals surface area contributed by atoms with E-state index < -0.39 is 0 Å². The molecule has 190 valence electrons. The lowest BCUT2D eigenvalue weighted by Gasteiger charge is -2.44. The molecule has 0 aromatic rings. The summed E-state index contributed by atoms with van der Waals surface area (Å²) in [7, 11) is 0. The standard InChI is InChI=1S/C11H22.C9H18.5C2H6/c1-9-6-10(2,3)8-11(4,5)7-9;1-8(2)6-5-7-9(8,3)4;5*1-2/h9H,6-8H2,1-5H3;5-7H2,1-4H3;5*1-2H3. The summed E-state index contributed by atoms with van der Waals surface area (Å²) in [5.41, 5.74) is 2.35. The minimum absolute atomic E-state index is 0.584. The van der Waals surface area contributed by atoms with E-state index in [1.807, 2.05) is 69.2 Å². The molecule has 0 saturated heterocycles. The summed E-state index contributed by atoms with van der Waals surface area (Å²) in [5, 5.41) is 0. The second kappa shape index (κ2) is 20.9. The van der Waals surface area contributed by atoms with Crippen LogP contribution in [-0.2, 0) is 0 Å². The summed E-state index contributed by atoms with van der Waals surface area (Å²) in [5.74, 6) is 0.925. The summed E-state index contributed by atoms with van der Waals surface area (Å²) in [6, 6.07) is 0. The van der Waals surface area contributed by atoms with Gasteiger partial charge < -0.3 is 0 Å². The van der Waals surface area contributed by atoms with Crippen molar-refractivity contribution in [1.29, 1.82) is 0 Å². The van der Waals surface area contributed by atoms with E-state index >= 15 is 0 Å². The monoisotopic (exact) mass is 431 g/mol. The predicted octanol–water partition coefficient (Wildman–Crippen LogP) is 12.2. The quantitative estimate of drug-likeness (QED) is 0.358. The minimum Gasteiger partial charge on any atom is -0.0683 e.